The maximum absolute atomic E-state index is 12.1. The van der Waals surface area contributed by atoms with Gasteiger partial charge in [-0.2, -0.15) is 0 Å². The monoisotopic (exact) mass is 378 g/mol. The Balaban J connectivity index is 1.88. The van der Waals surface area contributed by atoms with Crippen LogP contribution in [0.15, 0.2) is 52.4 Å². The summed E-state index contributed by atoms with van der Waals surface area (Å²) in [5.41, 5.74) is 1.37. The molecule has 0 radical (unpaired) electrons. The summed E-state index contributed by atoms with van der Waals surface area (Å²) in [6.07, 6.45) is 1.71. The van der Waals surface area contributed by atoms with Gasteiger partial charge in [0.25, 0.3) is 5.91 Å². The van der Waals surface area contributed by atoms with E-state index in [9.17, 15) is 4.79 Å². The molecule has 7 heteroatoms. The molecular formula is C17H12Cl2N2O2S. The van der Waals surface area contributed by atoms with Gasteiger partial charge in [-0.25, -0.2) is 4.99 Å². The zero-order chi connectivity index (χ0) is 17.1. The first-order chi connectivity index (χ1) is 11.6. The third-order valence-corrected chi connectivity index (χ3v) is 4.68. The minimum Gasteiger partial charge on any atom is -0.494 e. The number of nitrogens with zero attached hydrogens (tertiary/aromatic N) is 1. The summed E-state index contributed by atoms with van der Waals surface area (Å²) in [4.78, 5) is 17.1. The van der Waals surface area contributed by atoms with Crippen molar-refractivity contribution in [3.63, 3.8) is 0 Å². The number of hydrogen-bond donors (Lipinski definition) is 1. The lowest BCUT2D eigenvalue weighted by Crippen LogP contribution is -2.19. The van der Waals surface area contributed by atoms with Crippen molar-refractivity contribution in [3.8, 4) is 5.75 Å². The zero-order valence-electron chi connectivity index (χ0n) is 12.5. The molecule has 1 N–H and O–H groups in total. The van der Waals surface area contributed by atoms with Crippen LogP contribution in [0, 0.1) is 0 Å². The number of nitrogens with one attached hydrogen (secondary N) is 1. The number of rotatable bonds is 3. The van der Waals surface area contributed by atoms with Crippen LogP contribution in [0.5, 0.6) is 5.75 Å². The largest absolute Gasteiger partial charge is 0.494 e. The summed E-state index contributed by atoms with van der Waals surface area (Å²) in [6, 6.07) is 12.5. The van der Waals surface area contributed by atoms with Crippen LogP contribution in [0.4, 0.5) is 5.69 Å². The van der Waals surface area contributed by atoms with E-state index in [4.69, 9.17) is 27.9 Å². The van der Waals surface area contributed by atoms with Crippen molar-refractivity contribution in [2.75, 3.05) is 7.11 Å². The highest BCUT2D eigenvalue weighted by atomic mass is 35.5. The third kappa shape index (κ3) is 3.75. The van der Waals surface area contributed by atoms with Crippen LogP contribution in [0.1, 0.15) is 5.56 Å². The summed E-state index contributed by atoms with van der Waals surface area (Å²) >= 11 is 13.3. The van der Waals surface area contributed by atoms with Gasteiger partial charge in [0.1, 0.15) is 11.4 Å². The molecule has 0 atom stereocenters. The minimum absolute atomic E-state index is 0.223. The molecule has 1 amide bonds. The molecule has 2 aromatic rings. The number of aliphatic imine (C=N–C) groups is 1. The number of halogens is 2. The first-order valence-electron chi connectivity index (χ1n) is 6.94. The predicted octanol–water partition coefficient (Wildman–Crippen LogP) is 4.89. The summed E-state index contributed by atoms with van der Waals surface area (Å²) in [6.45, 7) is 0. The van der Waals surface area contributed by atoms with Gasteiger partial charge in [0.15, 0.2) is 5.17 Å². The van der Waals surface area contributed by atoms with Gasteiger partial charge >= 0.3 is 0 Å². The Morgan fingerprint density at radius 3 is 2.75 bits per heavy atom. The number of carbonyl (C=O) groups is 1. The van der Waals surface area contributed by atoms with Crippen molar-refractivity contribution in [2.24, 2.45) is 4.99 Å². The first-order valence-corrected chi connectivity index (χ1v) is 8.52. The number of methoxy groups -OCH3 is 1. The van der Waals surface area contributed by atoms with Crippen LogP contribution in [0.25, 0.3) is 6.08 Å². The fraction of sp³-hybridized carbons (Fsp3) is 0.0588. The smallest absolute Gasteiger partial charge is 0.264 e. The molecule has 1 aliphatic rings. The topological polar surface area (TPSA) is 50.7 Å². The van der Waals surface area contributed by atoms with Crippen molar-refractivity contribution in [3.05, 3.63) is 63.0 Å². The second-order valence-electron chi connectivity index (χ2n) is 4.82. The molecule has 0 saturated carbocycles. The number of amides is 1. The molecule has 0 aromatic heterocycles. The minimum atomic E-state index is -0.223. The van der Waals surface area contributed by atoms with Crippen molar-refractivity contribution in [1.82, 2.24) is 5.32 Å². The Morgan fingerprint density at radius 1 is 1.21 bits per heavy atom. The molecule has 1 saturated heterocycles. The molecule has 1 fully saturated rings. The van der Waals surface area contributed by atoms with E-state index < -0.39 is 0 Å². The fourth-order valence-electron chi connectivity index (χ4n) is 2.07. The Bertz CT molecular complexity index is 865. The first kappa shape index (κ1) is 16.9. The van der Waals surface area contributed by atoms with E-state index in [0.29, 0.717) is 31.6 Å². The molecule has 0 unspecified atom stereocenters. The van der Waals surface area contributed by atoms with E-state index in [1.54, 1.807) is 31.4 Å². The van der Waals surface area contributed by atoms with E-state index in [2.05, 4.69) is 10.3 Å². The lowest BCUT2D eigenvalue weighted by molar-refractivity contribution is -0.115. The lowest BCUT2D eigenvalue weighted by Gasteiger charge is -2.03. The average molecular weight is 379 g/mol. The Morgan fingerprint density at radius 2 is 2.00 bits per heavy atom. The number of para-hydroxylation sites is 2. The molecular weight excluding hydrogens is 367 g/mol. The standard InChI is InChI=1S/C17H12Cl2N2O2S/c1-23-14-5-3-2-4-13(14)20-17-21-16(22)15(24-17)8-10-6-7-11(18)9-12(10)19/h2-9H,1H3,(H,20,21,22). The molecule has 1 aliphatic heterocycles. The van der Waals surface area contributed by atoms with Crippen molar-refractivity contribution >= 4 is 57.8 Å². The third-order valence-electron chi connectivity index (χ3n) is 3.21. The molecule has 3 rings (SSSR count). The molecule has 122 valence electrons. The van der Waals surface area contributed by atoms with Crippen LogP contribution in [0.2, 0.25) is 10.0 Å². The van der Waals surface area contributed by atoms with Crippen molar-refractivity contribution in [2.45, 2.75) is 0 Å². The van der Waals surface area contributed by atoms with Crippen LogP contribution < -0.4 is 10.1 Å². The maximum Gasteiger partial charge on any atom is 0.264 e. The average Bonchev–Trinajstić information content (AvgIpc) is 2.90. The summed E-state index contributed by atoms with van der Waals surface area (Å²) < 4.78 is 5.26. The van der Waals surface area contributed by atoms with Crippen molar-refractivity contribution in [1.29, 1.82) is 0 Å². The number of carbonyl (C=O) groups excluding carboxylic acids is 1. The van der Waals surface area contributed by atoms with Gasteiger partial charge in [-0.05, 0) is 47.7 Å². The number of amidine groups is 1. The lowest BCUT2D eigenvalue weighted by atomic mass is 10.2. The van der Waals surface area contributed by atoms with E-state index in [1.165, 1.54) is 11.8 Å². The molecule has 24 heavy (non-hydrogen) atoms. The van der Waals surface area contributed by atoms with E-state index in [1.807, 2.05) is 24.3 Å². The van der Waals surface area contributed by atoms with Gasteiger partial charge in [0.2, 0.25) is 0 Å². The Hall–Kier alpha value is -1.95. The fourth-order valence-corrected chi connectivity index (χ4v) is 3.36. The van der Waals surface area contributed by atoms with Crippen LogP contribution >= 0.6 is 35.0 Å². The van der Waals surface area contributed by atoms with Gasteiger partial charge in [-0.15, -0.1) is 0 Å². The van der Waals surface area contributed by atoms with Crippen LogP contribution in [0.3, 0.4) is 0 Å². The second-order valence-corrected chi connectivity index (χ2v) is 6.69. The van der Waals surface area contributed by atoms with Gasteiger partial charge in [0.05, 0.1) is 12.0 Å². The van der Waals surface area contributed by atoms with Crippen molar-refractivity contribution < 1.29 is 9.53 Å². The Kier molecular flexibility index (Phi) is 5.14. The van der Waals surface area contributed by atoms with Gasteiger partial charge in [-0.1, -0.05) is 41.4 Å². The highest BCUT2D eigenvalue weighted by Crippen LogP contribution is 2.33. The predicted molar refractivity (Wildman–Crippen MR) is 100 cm³/mol. The van der Waals surface area contributed by atoms with Gasteiger partial charge < -0.3 is 10.1 Å². The SMILES string of the molecule is COc1ccccc1N=C1NC(=O)C(=Cc2ccc(Cl)cc2Cl)S1. The number of benzene rings is 2. The summed E-state index contributed by atoms with van der Waals surface area (Å²) in [5.74, 6) is 0.415. The summed E-state index contributed by atoms with van der Waals surface area (Å²) in [5, 5.41) is 4.25. The zero-order valence-corrected chi connectivity index (χ0v) is 14.9. The highest BCUT2D eigenvalue weighted by Gasteiger charge is 2.24. The Labute approximate surface area is 153 Å². The molecule has 1 heterocycles. The maximum atomic E-state index is 12.1. The molecule has 2 aromatic carbocycles. The molecule has 0 spiro atoms. The summed E-state index contributed by atoms with van der Waals surface area (Å²) in [7, 11) is 1.58. The number of hydrogen-bond acceptors (Lipinski definition) is 4. The normalized spacial score (nSPS) is 17.4. The molecule has 0 aliphatic carbocycles. The highest BCUT2D eigenvalue weighted by molar-refractivity contribution is 8.18. The van der Waals surface area contributed by atoms with E-state index >= 15 is 0 Å². The number of ether oxygens (including phenoxy) is 1. The number of thioether (sulfide) groups is 1. The van der Waals surface area contributed by atoms with Crippen LogP contribution in [-0.4, -0.2) is 18.2 Å². The quantitative estimate of drug-likeness (QED) is 0.773. The molecule has 4 nitrogen and oxygen atoms in total. The van der Waals surface area contributed by atoms with E-state index in [0.717, 1.165) is 5.56 Å². The van der Waals surface area contributed by atoms with E-state index in [-0.39, 0.29) is 5.91 Å². The second kappa shape index (κ2) is 7.30. The van der Waals surface area contributed by atoms with Gasteiger partial charge in [0, 0.05) is 10.0 Å². The molecule has 0 bridgehead atoms. The van der Waals surface area contributed by atoms with Crippen LogP contribution in [-0.2, 0) is 4.79 Å². The van der Waals surface area contributed by atoms with Gasteiger partial charge in [-0.3, -0.25) is 4.79 Å².